The second-order valence-corrected chi connectivity index (χ2v) is 6.43. The molecule has 0 atom stereocenters. The van der Waals surface area contributed by atoms with Gasteiger partial charge in [-0.3, -0.25) is 4.90 Å². The van der Waals surface area contributed by atoms with Gasteiger partial charge in [0.25, 0.3) is 0 Å². The van der Waals surface area contributed by atoms with Crippen LogP contribution in [0.3, 0.4) is 0 Å². The van der Waals surface area contributed by atoms with E-state index in [4.69, 9.17) is 10.3 Å². The number of hydrogen-bond acceptors (Lipinski definition) is 5. The van der Waals surface area contributed by atoms with Crippen LogP contribution in [0.5, 0.6) is 0 Å². The van der Waals surface area contributed by atoms with Crippen molar-refractivity contribution in [3.05, 3.63) is 11.7 Å². The quantitative estimate of drug-likeness (QED) is 0.885. The van der Waals surface area contributed by atoms with E-state index >= 15 is 0 Å². The standard InChI is InChI=1S/C14H26N4O/c1-14(2,15)13-16-12(19-17-13)10-18(3)9-11-7-5-4-6-8-11/h11H,4-10,15H2,1-3H3. The van der Waals surface area contributed by atoms with Gasteiger partial charge in [-0.1, -0.05) is 24.4 Å². The number of hydrogen-bond donors (Lipinski definition) is 1. The maximum atomic E-state index is 5.95. The molecule has 0 aliphatic heterocycles. The Morgan fingerprint density at radius 3 is 2.58 bits per heavy atom. The third-order valence-corrected chi connectivity index (χ3v) is 3.74. The highest BCUT2D eigenvalue weighted by Gasteiger charge is 2.22. The van der Waals surface area contributed by atoms with Crippen molar-refractivity contribution >= 4 is 0 Å². The summed E-state index contributed by atoms with van der Waals surface area (Å²) in [6, 6.07) is 0. The molecule has 0 spiro atoms. The molecule has 1 aliphatic carbocycles. The van der Waals surface area contributed by atoms with Gasteiger partial charge in [-0.25, -0.2) is 0 Å². The molecule has 2 rings (SSSR count). The van der Waals surface area contributed by atoms with E-state index in [0.717, 1.165) is 12.5 Å². The summed E-state index contributed by atoms with van der Waals surface area (Å²) in [4.78, 5) is 6.64. The van der Waals surface area contributed by atoms with Crippen molar-refractivity contribution in [1.29, 1.82) is 0 Å². The first-order valence-electron chi connectivity index (χ1n) is 7.25. The van der Waals surface area contributed by atoms with Crippen molar-refractivity contribution in [2.75, 3.05) is 13.6 Å². The van der Waals surface area contributed by atoms with Gasteiger partial charge in [0.15, 0.2) is 5.82 Å². The van der Waals surface area contributed by atoms with Crippen LogP contribution in [0.2, 0.25) is 0 Å². The largest absolute Gasteiger partial charge is 0.338 e. The average Bonchev–Trinajstić information content (AvgIpc) is 2.78. The van der Waals surface area contributed by atoms with Crippen molar-refractivity contribution in [2.24, 2.45) is 11.7 Å². The fourth-order valence-electron chi connectivity index (χ4n) is 2.69. The molecule has 5 nitrogen and oxygen atoms in total. The van der Waals surface area contributed by atoms with Crippen molar-refractivity contribution in [3.63, 3.8) is 0 Å². The molecule has 1 aromatic heterocycles. The highest BCUT2D eigenvalue weighted by molar-refractivity contribution is 4.98. The maximum absolute atomic E-state index is 5.95. The summed E-state index contributed by atoms with van der Waals surface area (Å²) in [6.07, 6.45) is 6.87. The fourth-order valence-corrected chi connectivity index (χ4v) is 2.69. The SMILES string of the molecule is CN(Cc1nc(C(C)(C)N)no1)CC1CCCCC1. The highest BCUT2D eigenvalue weighted by atomic mass is 16.5. The van der Waals surface area contributed by atoms with Crippen LogP contribution in [0, 0.1) is 5.92 Å². The number of rotatable bonds is 5. The smallest absolute Gasteiger partial charge is 0.240 e. The Labute approximate surface area is 115 Å². The van der Waals surface area contributed by atoms with Gasteiger partial charge in [-0.15, -0.1) is 0 Å². The molecule has 1 saturated carbocycles. The lowest BCUT2D eigenvalue weighted by Crippen LogP contribution is -2.30. The topological polar surface area (TPSA) is 68.2 Å². The van der Waals surface area contributed by atoms with Gasteiger partial charge in [0.1, 0.15) is 0 Å². The zero-order valence-electron chi connectivity index (χ0n) is 12.4. The lowest BCUT2D eigenvalue weighted by Gasteiger charge is -2.26. The Hall–Kier alpha value is -0.940. The second-order valence-electron chi connectivity index (χ2n) is 6.43. The van der Waals surface area contributed by atoms with Crippen molar-refractivity contribution in [1.82, 2.24) is 15.0 Å². The van der Waals surface area contributed by atoms with Crippen LogP contribution in [-0.4, -0.2) is 28.6 Å². The summed E-state index contributed by atoms with van der Waals surface area (Å²) in [7, 11) is 2.12. The van der Waals surface area contributed by atoms with Crippen LogP contribution in [0.4, 0.5) is 0 Å². The molecule has 0 unspecified atom stereocenters. The monoisotopic (exact) mass is 266 g/mol. The van der Waals surface area contributed by atoms with E-state index < -0.39 is 5.54 Å². The summed E-state index contributed by atoms with van der Waals surface area (Å²) in [5.74, 6) is 2.06. The van der Waals surface area contributed by atoms with E-state index in [9.17, 15) is 0 Å². The van der Waals surface area contributed by atoms with E-state index in [0.29, 0.717) is 18.3 Å². The van der Waals surface area contributed by atoms with Crippen molar-refractivity contribution in [3.8, 4) is 0 Å². The minimum absolute atomic E-state index is 0.538. The number of aromatic nitrogens is 2. The average molecular weight is 266 g/mol. The molecule has 19 heavy (non-hydrogen) atoms. The first-order valence-corrected chi connectivity index (χ1v) is 7.25. The molecular weight excluding hydrogens is 240 g/mol. The van der Waals surface area contributed by atoms with Gasteiger partial charge in [-0.2, -0.15) is 4.98 Å². The third kappa shape index (κ3) is 4.28. The lowest BCUT2D eigenvalue weighted by molar-refractivity contribution is 0.205. The predicted octanol–water partition coefficient (Wildman–Crippen LogP) is 2.28. The van der Waals surface area contributed by atoms with Gasteiger partial charge >= 0.3 is 0 Å². The fraction of sp³-hybridized carbons (Fsp3) is 0.857. The second kappa shape index (κ2) is 6.01. The highest BCUT2D eigenvalue weighted by Crippen LogP contribution is 2.24. The molecule has 1 aromatic rings. The van der Waals surface area contributed by atoms with Gasteiger partial charge in [0.2, 0.25) is 5.89 Å². The van der Waals surface area contributed by atoms with Crippen LogP contribution in [0.1, 0.15) is 57.7 Å². The van der Waals surface area contributed by atoms with Crippen LogP contribution in [-0.2, 0) is 12.1 Å². The molecular formula is C14H26N4O. The van der Waals surface area contributed by atoms with Crippen molar-refractivity contribution < 1.29 is 4.52 Å². The molecule has 1 fully saturated rings. The minimum atomic E-state index is -0.538. The molecule has 0 bridgehead atoms. The summed E-state index contributed by atoms with van der Waals surface area (Å²) in [5.41, 5.74) is 5.41. The van der Waals surface area contributed by atoms with E-state index in [2.05, 4.69) is 22.1 Å². The predicted molar refractivity (Wildman–Crippen MR) is 74.4 cm³/mol. The van der Waals surface area contributed by atoms with Gasteiger partial charge in [0, 0.05) is 6.54 Å². The van der Waals surface area contributed by atoms with E-state index in [-0.39, 0.29) is 0 Å². The number of nitrogens with zero attached hydrogens (tertiary/aromatic N) is 3. The first kappa shape index (κ1) is 14.5. The molecule has 1 heterocycles. The molecule has 108 valence electrons. The Kier molecular flexibility index (Phi) is 4.58. The van der Waals surface area contributed by atoms with Gasteiger partial charge in [0.05, 0.1) is 12.1 Å². The van der Waals surface area contributed by atoms with Crippen LogP contribution < -0.4 is 5.73 Å². The van der Waals surface area contributed by atoms with Crippen LogP contribution >= 0.6 is 0 Å². The molecule has 0 saturated heterocycles. The maximum Gasteiger partial charge on any atom is 0.240 e. The van der Waals surface area contributed by atoms with E-state index in [1.807, 2.05) is 13.8 Å². The van der Waals surface area contributed by atoms with Crippen LogP contribution in [0.15, 0.2) is 4.52 Å². The Morgan fingerprint density at radius 1 is 1.32 bits per heavy atom. The zero-order valence-corrected chi connectivity index (χ0v) is 12.4. The third-order valence-electron chi connectivity index (χ3n) is 3.74. The van der Waals surface area contributed by atoms with Crippen molar-refractivity contribution in [2.45, 2.75) is 58.0 Å². The molecule has 0 aromatic carbocycles. The number of nitrogens with two attached hydrogens (primary N) is 1. The Morgan fingerprint density at radius 2 is 2.00 bits per heavy atom. The first-order chi connectivity index (χ1) is 8.95. The molecule has 0 radical (unpaired) electrons. The molecule has 1 aliphatic rings. The Bertz CT molecular complexity index is 390. The normalized spacial score (nSPS) is 18.2. The van der Waals surface area contributed by atoms with Gasteiger partial charge < -0.3 is 10.3 Å². The summed E-state index contributed by atoms with van der Waals surface area (Å²) in [5, 5.41) is 3.95. The molecule has 5 heteroatoms. The van der Waals surface area contributed by atoms with E-state index in [1.165, 1.54) is 32.1 Å². The van der Waals surface area contributed by atoms with E-state index in [1.54, 1.807) is 0 Å². The van der Waals surface area contributed by atoms with Gasteiger partial charge in [-0.05, 0) is 39.7 Å². The minimum Gasteiger partial charge on any atom is -0.338 e. The lowest BCUT2D eigenvalue weighted by atomic mass is 9.89. The zero-order chi connectivity index (χ0) is 13.9. The molecule has 2 N–H and O–H groups in total. The molecule has 0 amide bonds. The Balaban J connectivity index is 1.84. The summed E-state index contributed by atoms with van der Waals surface area (Å²) < 4.78 is 5.27. The summed E-state index contributed by atoms with van der Waals surface area (Å²) in [6.45, 7) is 5.59. The summed E-state index contributed by atoms with van der Waals surface area (Å²) >= 11 is 0. The van der Waals surface area contributed by atoms with Crippen LogP contribution in [0.25, 0.3) is 0 Å².